The predicted molar refractivity (Wildman–Crippen MR) is 115 cm³/mol. The van der Waals surface area contributed by atoms with E-state index in [1.165, 1.54) is 16.9 Å². The lowest BCUT2D eigenvalue weighted by Gasteiger charge is -2.33. The van der Waals surface area contributed by atoms with Gasteiger partial charge in [0.1, 0.15) is 11.0 Å². The van der Waals surface area contributed by atoms with E-state index < -0.39 is 0 Å². The van der Waals surface area contributed by atoms with E-state index in [4.69, 9.17) is 4.74 Å². The highest BCUT2D eigenvalue weighted by Gasteiger charge is 2.28. The number of aryl methyl sites for hydroxylation is 1. The molecule has 4 rings (SSSR count). The van der Waals surface area contributed by atoms with Crippen LogP contribution >= 0.6 is 27.3 Å². The fraction of sp³-hybridized carbons (Fsp3) is 0.273. The van der Waals surface area contributed by atoms with Crippen LogP contribution < -0.4 is 0 Å². The van der Waals surface area contributed by atoms with Crippen LogP contribution in [0.1, 0.15) is 37.6 Å². The van der Waals surface area contributed by atoms with Crippen LogP contribution in [0.15, 0.2) is 59.1 Å². The number of aromatic nitrogens is 1. The predicted octanol–water partition coefficient (Wildman–Crippen LogP) is 5.02. The first-order valence-electron chi connectivity index (χ1n) is 9.27. The van der Waals surface area contributed by atoms with Gasteiger partial charge in [-0.25, -0.2) is 4.98 Å². The summed E-state index contributed by atoms with van der Waals surface area (Å²) in [5, 5.41) is 0.977. The van der Waals surface area contributed by atoms with E-state index in [0.717, 1.165) is 32.0 Å². The lowest BCUT2D eigenvalue weighted by atomic mass is 10.1. The van der Waals surface area contributed by atoms with Gasteiger partial charge in [0.15, 0.2) is 0 Å². The third-order valence-corrected chi connectivity index (χ3v) is 6.50. The summed E-state index contributed by atoms with van der Waals surface area (Å²) in [6.07, 6.45) is 0.660. The van der Waals surface area contributed by atoms with Crippen molar-refractivity contribution in [2.45, 2.75) is 19.4 Å². The van der Waals surface area contributed by atoms with Gasteiger partial charge in [-0.05, 0) is 30.2 Å². The highest BCUT2D eigenvalue weighted by atomic mass is 79.9. The lowest BCUT2D eigenvalue weighted by Crippen LogP contribution is -2.42. The van der Waals surface area contributed by atoms with Gasteiger partial charge >= 0.3 is 0 Å². The molecule has 1 aliphatic rings. The number of nitrogens with zero attached hydrogens (tertiary/aromatic N) is 2. The zero-order valence-electron chi connectivity index (χ0n) is 15.6. The number of halogens is 1. The second-order valence-electron chi connectivity index (χ2n) is 6.85. The van der Waals surface area contributed by atoms with Gasteiger partial charge in [0.2, 0.25) is 0 Å². The summed E-state index contributed by atoms with van der Waals surface area (Å²) < 4.78 is 6.95. The van der Waals surface area contributed by atoms with Crippen molar-refractivity contribution in [3.8, 4) is 0 Å². The second-order valence-corrected chi connectivity index (χ2v) is 8.85. The maximum Gasteiger partial charge on any atom is 0.266 e. The van der Waals surface area contributed by atoms with E-state index in [-0.39, 0.29) is 12.0 Å². The van der Waals surface area contributed by atoms with Crippen molar-refractivity contribution in [2.24, 2.45) is 0 Å². The Labute approximate surface area is 177 Å². The number of hydrogen-bond donors (Lipinski definition) is 0. The van der Waals surface area contributed by atoms with Gasteiger partial charge in [-0.1, -0.05) is 58.4 Å². The molecule has 1 unspecified atom stereocenters. The third-order valence-electron chi connectivity index (χ3n) is 4.83. The number of ether oxygens (including phenoxy) is 1. The van der Waals surface area contributed by atoms with E-state index >= 15 is 0 Å². The highest BCUT2D eigenvalue weighted by Crippen LogP contribution is 2.27. The molecule has 0 bridgehead atoms. The Hall–Kier alpha value is -2.02. The maximum absolute atomic E-state index is 13.2. The molecule has 2 heterocycles. The first kappa shape index (κ1) is 19.3. The molecule has 6 heteroatoms. The molecule has 1 aliphatic heterocycles. The molecule has 0 saturated carbocycles. The SMILES string of the molecule is Cc1nc(Cc2ccccc2)sc1C(=O)N1CCOC(c2ccc(Br)cc2)C1. The van der Waals surface area contributed by atoms with Crippen LogP contribution in [-0.2, 0) is 11.2 Å². The summed E-state index contributed by atoms with van der Waals surface area (Å²) in [4.78, 5) is 20.4. The zero-order valence-corrected chi connectivity index (χ0v) is 18.0. The summed E-state index contributed by atoms with van der Waals surface area (Å²) in [5.41, 5.74) is 3.11. The van der Waals surface area contributed by atoms with Gasteiger partial charge in [0.25, 0.3) is 5.91 Å². The molecule has 1 saturated heterocycles. The van der Waals surface area contributed by atoms with E-state index in [1.54, 1.807) is 0 Å². The number of carbonyl (C=O) groups excluding carboxylic acids is 1. The van der Waals surface area contributed by atoms with Crippen molar-refractivity contribution in [1.29, 1.82) is 0 Å². The molecule has 3 aromatic rings. The summed E-state index contributed by atoms with van der Waals surface area (Å²) in [6, 6.07) is 18.3. The number of amides is 1. The monoisotopic (exact) mass is 456 g/mol. The topological polar surface area (TPSA) is 42.4 Å². The number of morpholine rings is 1. The molecule has 1 aromatic heterocycles. The third kappa shape index (κ3) is 4.35. The number of hydrogen-bond acceptors (Lipinski definition) is 4. The molecular weight excluding hydrogens is 436 g/mol. The van der Waals surface area contributed by atoms with Crippen molar-refractivity contribution in [2.75, 3.05) is 19.7 Å². The summed E-state index contributed by atoms with van der Waals surface area (Å²) in [6.45, 7) is 3.63. The van der Waals surface area contributed by atoms with Crippen LogP contribution in [0.5, 0.6) is 0 Å². The first-order chi connectivity index (χ1) is 13.6. The highest BCUT2D eigenvalue weighted by molar-refractivity contribution is 9.10. The van der Waals surface area contributed by atoms with Crippen molar-refractivity contribution in [3.05, 3.63) is 85.8 Å². The quantitative estimate of drug-likeness (QED) is 0.553. The zero-order chi connectivity index (χ0) is 19.5. The maximum atomic E-state index is 13.2. The fourth-order valence-corrected chi connectivity index (χ4v) is 4.68. The average molecular weight is 457 g/mol. The van der Waals surface area contributed by atoms with Gasteiger partial charge in [-0.15, -0.1) is 11.3 Å². The van der Waals surface area contributed by atoms with Crippen molar-refractivity contribution < 1.29 is 9.53 Å². The van der Waals surface area contributed by atoms with Gasteiger partial charge in [-0.3, -0.25) is 4.79 Å². The Kier molecular flexibility index (Phi) is 5.90. The van der Waals surface area contributed by atoms with Crippen molar-refractivity contribution in [1.82, 2.24) is 9.88 Å². The minimum Gasteiger partial charge on any atom is -0.370 e. The van der Waals surface area contributed by atoms with Crippen LogP contribution in [0.25, 0.3) is 0 Å². The molecule has 0 spiro atoms. The Morgan fingerprint density at radius 2 is 1.96 bits per heavy atom. The van der Waals surface area contributed by atoms with Crippen molar-refractivity contribution in [3.63, 3.8) is 0 Å². The van der Waals surface area contributed by atoms with Gasteiger partial charge < -0.3 is 9.64 Å². The Bertz CT molecular complexity index is 956. The summed E-state index contributed by atoms with van der Waals surface area (Å²) in [7, 11) is 0. The molecule has 2 aromatic carbocycles. The van der Waals surface area contributed by atoms with Crippen LogP contribution in [-0.4, -0.2) is 35.5 Å². The molecule has 1 amide bonds. The molecule has 4 nitrogen and oxygen atoms in total. The number of thiazole rings is 1. The van der Waals surface area contributed by atoms with Crippen LogP contribution in [0, 0.1) is 6.92 Å². The minimum atomic E-state index is -0.0946. The molecule has 0 radical (unpaired) electrons. The summed E-state index contributed by atoms with van der Waals surface area (Å²) >= 11 is 4.96. The van der Waals surface area contributed by atoms with Crippen LogP contribution in [0.3, 0.4) is 0 Å². The lowest BCUT2D eigenvalue weighted by molar-refractivity contribution is -0.0227. The first-order valence-corrected chi connectivity index (χ1v) is 10.9. The molecular formula is C22H21BrN2O2S. The number of carbonyl (C=O) groups is 1. The Balaban J connectivity index is 1.48. The molecule has 1 atom stereocenters. The van der Waals surface area contributed by atoms with Gasteiger partial charge in [0, 0.05) is 17.4 Å². The minimum absolute atomic E-state index is 0.0553. The standard InChI is InChI=1S/C22H21BrN2O2S/c1-15-21(28-20(24-15)13-16-5-3-2-4-6-16)22(26)25-11-12-27-19(14-25)17-7-9-18(23)10-8-17/h2-10,19H,11-14H2,1H3. The summed E-state index contributed by atoms with van der Waals surface area (Å²) in [5.74, 6) is 0.0553. The molecule has 0 aliphatic carbocycles. The van der Waals surface area contributed by atoms with Crippen LogP contribution in [0.4, 0.5) is 0 Å². The van der Waals surface area contributed by atoms with E-state index in [2.05, 4.69) is 33.0 Å². The largest absolute Gasteiger partial charge is 0.370 e. The second kappa shape index (κ2) is 8.55. The van der Waals surface area contributed by atoms with E-state index in [9.17, 15) is 4.79 Å². The van der Waals surface area contributed by atoms with Gasteiger partial charge in [0.05, 0.1) is 23.9 Å². The van der Waals surface area contributed by atoms with Crippen LogP contribution in [0.2, 0.25) is 0 Å². The fourth-order valence-electron chi connectivity index (χ4n) is 3.35. The molecule has 28 heavy (non-hydrogen) atoms. The van der Waals surface area contributed by atoms with E-state index in [0.29, 0.717) is 19.7 Å². The Morgan fingerprint density at radius 1 is 1.21 bits per heavy atom. The van der Waals surface area contributed by atoms with E-state index in [1.807, 2.05) is 54.3 Å². The number of rotatable bonds is 4. The number of benzene rings is 2. The molecule has 144 valence electrons. The Morgan fingerprint density at radius 3 is 2.71 bits per heavy atom. The normalized spacial score (nSPS) is 16.9. The molecule has 1 fully saturated rings. The van der Waals surface area contributed by atoms with Crippen molar-refractivity contribution >= 4 is 33.2 Å². The smallest absolute Gasteiger partial charge is 0.266 e. The van der Waals surface area contributed by atoms with Gasteiger partial charge in [-0.2, -0.15) is 0 Å². The molecule has 0 N–H and O–H groups in total. The average Bonchev–Trinajstić information content (AvgIpc) is 3.09.